The maximum atomic E-state index is 11.9. The second-order valence-corrected chi connectivity index (χ2v) is 5.24. The minimum Gasteiger partial charge on any atom is -0.393 e. The van der Waals surface area contributed by atoms with Gasteiger partial charge in [-0.2, -0.15) is 0 Å². The molecule has 1 saturated carbocycles. The summed E-state index contributed by atoms with van der Waals surface area (Å²) in [5.41, 5.74) is 1.78. The highest BCUT2D eigenvalue weighted by Crippen LogP contribution is 2.18. The average Bonchev–Trinajstić information content (AvgIpc) is 2.42. The quantitative estimate of drug-likeness (QED) is 0.791. The zero-order valence-electron chi connectivity index (χ0n) is 11.8. The van der Waals surface area contributed by atoms with Crippen LogP contribution in [-0.2, 0) is 11.3 Å². The number of hydrogen-bond acceptors (Lipinski definition) is 3. The van der Waals surface area contributed by atoms with Gasteiger partial charge in [-0.05, 0) is 43.4 Å². The van der Waals surface area contributed by atoms with Gasteiger partial charge in [0.25, 0.3) is 0 Å². The lowest BCUT2D eigenvalue weighted by molar-refractivity contribution is 0.118. The summed E-state index contributed by atoms with van der Waals surface area (Å²) in [7, 11) is 1.64. The number of urea groups is 1. The van der Waals surface area contributed by atoms with Crippen LogP contribution in [0.2, 0.25) is 0 Å². The van der Waals surface area contributed by atoms with Crippen molar-refractivity contribution in [2.45, 2.75) is 44.4 Å². The van der Waals surface area contributed by atoms with Crippen molar-refractivity contribution >= 4 is 11.7 Å². The van der Waals surface area contributed by atoms with Crippen molar-refractivity contribution < 1.29 is 14.6 Å². The largest absolute Gasteiger partial charge is 0.393 e. The molecular weight excluding hydrogens is 256 g/mol. The number of hydrogen-bond donors (Lipinski definition) is 3. The van der Waals surface area contributed by atoms with Crippen molar-refractivity contribution in [3.05, 3.63) is 29.8 Å². The monoisotopic (exact) mass is 278 g/mol. The van der Waals surface area contributed by atoms with E-state index in [-0.39, 0.29) is 18.2 Å². The molecule has 0 spiro atoms. The van der Waals surface area contributed by atoms with Crippen molar-refractivity contribution in [3.63, 3.8) is 0 Å². The van der Waals surface area contributed by atoms with Crippen LogP contribution in [0.1, 0.15) is 31.2 Å². The van der Waals surface area contributed by atoms with E-state index < -0.39 is 0 Å². The second kappa shape index (κ2) is 7.26. The molecule has 0 atom stereocenters. The van der Waals surface area contributed by atoms with Gasteiger partial charge in [0.05, 0.1) is 12.7 Å². The molecule has 110 valence electrons. The van der Waals surface area contributed by atoms with Crippen LogP contribution in [-0.4, -0.2) is 30.4 Å². The first kappa shape index (κ1) is 14.8. The summed E-state index contributed by atoms with van der Waals surface area (Å²) in [6, 6.07) is 7.55. The molecule has 1 aliphatic rings. The van der Waals surface area contributed by atoms with Gasteiger partial charge in [0.2, 0.25) is 0 Å². The van der Waals surface area contributed by atoms with E-state index >= 15 is 0 Å². The highest BCUT2D eigenvalue weighted by molar-refractivity contribution is 5.89. The third kappa shape index (κ3) is 4.51. The van der Waals surface area contributed by atoms with Gasteiger partial charge >= 0.3 is 6.03 Å². The molecule has 3 N–H and O–H groups in total. The summed E-state index contributed by atoms with van der Waals surface area (Å²) in [6.45, 7) is 0.525. The maximum absolute atomic E-state index is 11.9. The number of ether oxygens (including phenoxy) is 1. The molecule has 1 fully saturated rings. The number of anilines is 1. The first-order valence-electron chi connectivity index (χ1n) is 7.01. The van der Waals surface area contributed by atoms with E-state index in [0.717, 1.165) is 36.9 Å². The minimum absolute atomic E-state index is 0.153. The van der Waals surface area contributed by atoms with Gasteiger partial charge in [0.1, 0.15) is 0 Å². The molecule has 2 amide bonds. The van der Waals surface area contributed by atoms with Gasteiger partial charge in [-0.25, -0.2) is 4.79 Å². The van der Waals surface area contributed by atoms with Crippen molar-refractivity contribution in [1.29, 1.82) is 0 Å². The smallest absolute Gasteiger partial charge is 0.319 e. The van der Waals surface area contributed by atoms with Crippen LogP contribution in [0.3, 0.4) is 0 Å². The SMILES string of the molecule is COCc1cccc(NC(=O)NC2CCC(O)CC2)c1. The number of carbonyl (C=O) groups is 1. The van der Waals surface area contributed by atoms with Crippen LogP contribution >= 0.6 is 0 Å². The maximum Gasteiger partial charge on any atom is 0.319 e. The van der Waals surface area contributed by atoms with Crippen LogP contribution < -0.4 is 10.6 Å². The van der Waals surface area contributed by atoms with Crippen molar-refractivity contribution in [2.75, 3.05) is 12.4 Å². The predicted octanol–water partition coefficient (Wildman–Crippen LogP) is 2.26. The number of carbonyl (C=O) groups excluding carboxylic acids is 1. The fourth-order valence-corrected chi connectivity index (χ4v) is 2.48. The van der Waals surface area contributed by atoms with Crippen LogP contribution in [0.5, 0.6) is 0 Å². The Hall–Kier alpha value is -1.59. The molecule has 0 aromatic heterocycles. The Balaban J connectivity index is 1.83. The molecule has 1 aromatic rings. The second-order valence-electron chi connectivity index (χ2n) is 5.24. The zero-order valence-corrected chi connectivity index (χ0v) is 11.8. The van der Waals surface area contributed by atoms with Gasteiger partial charge in [-0.15, -0.1) is 0 Å². The van der Waals surface area contributed by atoms with E-state index in [9.17, 15) is 9.90 Å². The van der Waals surface area contributed by atoms with Crippen molar-refractivity contribution in [3.8, 4) is 0 Å². The minimum atomic E-state index is -0.207. The lowest BCUT2D eigenvalue weighted by Gasteiger charge is -2.26. The molecule has 0 bridgehead atoms. The molecule has 0 aliphatic heterocycles. The fourth-order valence-electron chi connectivity index (χ4n) is 2.48. The van der Waals surface area contributed by atoms with Crippen LogP contribution in [0.4, 0.5) is 10.5 Å². The lowest BCUT2D eigenvalue weighted by Crippen LogP contribution is -2.40. The molecule has 5 nitrogen and oxygen atoms in total. The highest BCUT2D eigenvalue weighted by Gasteiger charge is 2.20. The number of aliphatic hydroxyl groups excluding tert-OH is 1. The molecule has 0 radical (unpaired) electrons. The molecule has 2 rings (SSSR count). The van der Waals surface area contributed by atoms with Crippen LogP contribution in [0, 0.1) is 0 Å². The first-order valence-corrected chi connectivity index (χ1v) is 7.01. The number of benzene rings is 1. The highest BCUT2D eigenvalue weighted by atomic mass is 16.5. The summed E-state index contributed by atoms with van der Waals surface area (Å²) in [5, 5.41) is 15.2. The standard InChI is InChI=1S/C15H22N2O3/c1-20-10-11-3-2-4-13(9-11)17-15(19)16-12-5-7-14(18)8-6-12/h2-4,9,12,14,18H,5-8,10H2,1H3,(H2,16,17,19). The van der Waals surface area contributed by atoms with Crippen LogP contribution in [0.25, 0.3) is 0 Å². The first-order chi connectivity index (χ1) is 9.67. The van der Waals surface area contributed by atoms with E-state index in [2.05, 4.69) is 10.6 Å². The molecule has 1 aromatic carbocycles. The van der Waals surface area contributed by atoms with Gasteiger partial charge in [0, 0.05) is 18.8 Å². The molecule has 1 aliphatic carbocycles. The third-order valence-electron chi connectivity index (χ3n) is 3.53. The fraction of sp³-hybridized carbons (Fsp3) is 0.533. The predicted molar refractivity (Wildman–Crippen MR) is 77.6 cm³/mol. The van der Waals surface area contributed by atoms with E-state index in [1.165, 1.54) is 0 Å². The summed E-state index contributed by atoms with van der Waals surface area (Å²) in [6.07, 6.45) is 2.97. The molecule has 0 saturated heterocycles. The Bertz CT molecular complexity index is 442. The number of nitrogens with one attached hydrogen (secondary N) is 2. The Morgan fingerprint density at radius 3 is 2.80 bits per heavy atom. The van der Waals surface area contributed by atoms with Gasteiger partial charge in [0.15, 0.2) is 0 Å². The van der Waals surface area contributed by atoms with E-state index in [0.29, 0.717) is 6.61 Å². The Kier molecular flexibility index (Phi) is 5.38. The van der Waals surface area contributed by atoms with Gasteiger partial charge < -0.3 is 20.5 Å². The molecule has 0 unspecified atom stereocenters. The van der Waals surface area contributed by atoms with Crippen molar-refractivity contribution in [2.24, 2.45) is 0 Å². The number of rotatable bonds is 4. The Labute approximate surface area is 119 Å². The van der Waals surface area contributed by atoms with E-state index in [1.807, 2.05) is 24.3 Å². The summed E-state index contributed by atoms with van der Waals surface area (Å²) in [5.74, 6) is 0. The normalized spacial score (nSPS) is 22.3. The van der Waals surface area contributed by atoms with E-state index in [4.69, 9.17) is 4.74 Å². The van der Waals surface area contributed by atoms with Gasteiger partial charge in [-0.1, -0.05) is 12.1 Å². The molecule has 0 heterocycles. The summed E-state index contributed by atoms with van der Waals surface area (Å²) in [4.78, 5) is 11.9. The lowest BCUT2D eigenvalue weighted by atomic mass is 9.93. The van der Waals surface area contributed by atoms with Crippen LogP contribution in [0.15, 0.2) is 24.3 Å². The molecular formula is C15H22N2O3. The Morgan fingerprint density at radius 2 is 2.10 bits per heavy atom. The number of amides is 2. The number of aliphatic hydroxyl groups is 1. The van der Waals surface area contributed by atoms with E-state index in [1.54, 1.807) is 7.11 Å². The van der Waals surface area contributed by atoms with Crippen molar-refractivity contribution in [1.82, 2.24) is 5.32 Å². The zero-order chi connectivity index (χ0) is 14.4. The third-order valence-corrected chi connectivity index (χ3v) is 3.53. The average molecular weight is 278 g/mol. The summed E-state index contributed by atoms with van der Waals surface area (Å²) >= 11 is 0. The van der Waals surface area contributed by atoms with Gasteiger partial charge in [-0.3, -0.25) is 0 Å². The number of methoxy groups -OCH3 is 1. The molecule has 5 heteroatoms. The molecule has 20 heavy (non-hydrogen) atoms. The Morgan fingerprint density at radius 1 is 1.35 bits per heavy atom. The summed E-state index contributed by atoms with van der Waals surface area (Å²) < 4.78 is 5.07. The topological polar surface area (TPSA) is 70.6 Å².